The molecule has 1 amide bonds. The molecule has 1 aliphatic rings. The third kappa shape index (κ3) is 3.02. The van der Waals surface area contributed by atoms with Gasteiger partial charge in [-0.2, -0.15) is 0 Å². The lowest BCUT2D eigenvalue weighted by Crippen LogP contribution is -2.48. The van der Waals surface area contributed by atoms with Crippen molar-refractivity contribution < 1.29 is 24.2 Å². The maximum atomic E-state index is 12.4. The van der Waals surface area contributed by atoms with Crippen LogP contribution in [0, 0.1) is 0 Å². The molecule has 1 N–H and O–H groups in total. The second kappa shape index (κ2) is 6.11. The molecular formula is C13H14ClNO5. The normalized spacial score (nSPS) is 18.7. The first-order chi connectivity index (χ1) is 9.52. The van der Waals surface area contributed by atoms with Gasteiger partial charge in [-0.1, -0.05) is 11.6 Å². The van der Waals surface area contributed by atoms with E-state index in [4.69, 9.17) is 26.2 Å². The van der Waals surface area contributed by atoms with Gasteiger partial charge in [-0.15, -0.1) is 0 Å². The van der Waals surface area contributed by atoms with Crippen molar-refractivity contribution in [2.24, 2.45) is 0 Å². The minimum Gasteiger partial charge on any atom is -0.496 e. The van der Waals surface area contributed by atoms with E-state index in [1.807, 2.05) is 0 Å². The van der Waals surface area contributed by atoms with E-state index in [1.165, 1.54) is 12.0 Å². The summed E-state index contributed by atoms with van der Waals surface area (Å²) in [6.45, 7) is 0.549. The summed E-state index contributed by atoms with van der Waals surface area (Å²) < 4.78 is 10.2. The molecule has 1 saturated heterocycles. The zero-order valence-corrected chi connectivity index (χ0v) is 11.6. The SMILES string of the molecule is COc1cc(Cl)ccc1C(=O)N1CCO[C@H](C(=O)O)C1. The Balaban J connectivity index is 2.20. The van der Waals surface area contributed by atoms with Gasteiger partial charge in [0.2, 0.25) is 0 Å². The lowest BCUT2D eigenvalue weighted by molar-refractivity contribution is -0.154. The molecule has 1 atom stereocenters. The van der Waals surface area contributed by atoms with E-state index < -0.39 is 12.1 Å². The number of ether oxygens (including phenoxy) is 2. The Morgan fingerprint density at radius 2 is 2.25 bits per heavy atom. The molecule has 0 unspecified atom stereocenters. The van der Waals surface area contributed by atoms with E-state index >= 15 is 0 Å². The molecule has 7 heteroatoms. The molecule has 0 radical (unpaired) electrons. The van der Waals surface area contributed by atoms with E-state index in [9.17, 15) is 9.59 Å². The average Bonchev–Trinajstić information content (AvgIpc) is 2.46. The van der Waals surface area contributed by atoms with Gasteiger partial charge < -0.3 is 19.5 Å². The van der Waals surface area contributed by atoms with Crippen LogP contribution in [0.15, 0.2) is 18.2 Å². The number of nitrogens with zero attached hydrogens (tertiary/aromatic N) is 1. The summed E-state index contributed by atoms with van der Waals surface area (Å²) in [5.41, 5.74) is 0.350. The first-order valence-corrected chi connectivity index (χ1v) is 6.38. The minimum atomic E-state index is -1.08. The summed E-state index contributed by atoms with van der Waals surface area (Å²) in [6.07, 6.45) is -0.994. The van der Waals surface area contributed by atoms with Gasteiger partial charge in [0.1, 0.15) is 5.75 Å². The first-order valence-electron chi connectivity index (χ1n) is 6.00. The molecule has 6 nitrogen and oxygen atoms in total. The topological polar surface area (TPSA) is 76.1 Å². The molecule has 2 rings (SSSR count). The van der Waals surface area contributed by atoms with E-state index in [0.717, 1.165) is 0 Å². The highest BCUT2D eigenvalue weighted by atomic mass is 35.5. The van der Waals surface area contributed by atoms with Gasteiger partial charge >= 0.3 is 5.97 Å². The summed E-state index contributed by atoms with van der Waals surface area (Å²) in [5.74, 6) is -1.01. The van der Waals surface area contributed by atoms with Crippen LogP contribution in [-0.2, 0) is 9.53 Å². The van der Waals surface area contributed by atoms with Crippen LogP contribution in [0.2, 0.25) is 5.02 Å². The van der Waals surface area contributed by atoms with Crippen LogP contribution in [0.3, 0.4) is 0 Å². The Morgan fingerprint density at radius 3 is 2.90 bits per heavy atom. The third-order valence-corrected chi connectivity index (χ3v) is 3.26. The number of carboxylic acid groups (broad SMARTS) is 1. The van der Waals surface area contributed by atoms with Crippen LogP contribution >= 0.6 is 11.6 Å². The fourth-order valence-corrected chi connectivity index (χ4v) is 2.16. The number of rotatable bonds is 3. The second-order valence-corrected chi connectivity index (χ2v) is 4.73. The third-order valence-electron chi connectivity index (χ3n) is 3.02. The van der Waals surface area contributed by atoms with Gasteiger partial charge in [-0.3, -0.25) is 4.79 Å². The number of methoxy groups -OCH3 is 1. The van der Waals surface area contributed by atoms with Crippen molar-refractivity contribution in [1.82, 2.24) is 4.90 Å². The number of hydrogen-bond donors (Lipinski definition) is 1. The first kappa shape index (κ1) is 14.6. The van der Waals surface area contributed by atoms with Crippen molar-refractivity contribution in [3.05, 3.63) is 28.8 Å². The van der Waals surface area contributed by atoms with E-state index in [-0.39, 0.29) is 19.1 Å². The summed E-state index contributed by atoms with van der Waals surface area (Å²) in [4.78, 5) is 24.8. The number of aliphatic carboxylic acids is 1. The lowest BCUT2D eigenvalue weighted by Gasteiger charge is -2.31. The molecule has 108 valence electrons. The Kier molecular flexibility index (Phi) is 4.46. The molecule has 0 saturated carbocycles. The Hall–Kier alpha value is -1.79. The Morgan fingerprint density at radius 1 is 1.50 bits per heavy atom. The van der Waals surface area contributed by atoms with Crippen LogP contribution in [-0.4, -0.2) is 54.8 Å². The number of carbonyl (C=O) groups excluding carboxylic acids is 1. The number of hydrogen-bond acceptors (Lipinski definition) is 4. The van der Waals surface area contributed by atoms with Gasteiger partial charge in [0, 0.05) is 11.6 Å². The monoisotopic (exact) mass is 299 g/mol. The number of carboxylic acids is 1. The second-order valence-electron chi connectivity index (χ2n) is 4.29. The molecule has 1 aromatic rings. The van der Waals surface area contributed by atoms with Gasteiger partial charge in [0.25, 0.3) is 5.91 Å². The zero-order valence-electron chi connectivity index (χ0n) is 10.8. The summed E-state index contributed by atoms with van der Waals surface area (Å²) in [5, 5.41) is 9.40. The van der Waals surface area contributed by atoms with Gasteiger partial charge in [-0.25, -0.2) is 4.79 Å². The number of amides is 1. The standard InChI is InChI=1S/C13H14ClNO5/c1-19-10-6-8(14)2-3-9(10)12(16)15-4-5-20-11(7-15)13(17)18/h2-3,6,11H,4-5,7H2,1H3,(H,17,18)/t11-/m0/s1. The molecule has 0 bridgehead atoms. The van der Waals surface area contributed by atoms with E-state index in [1.54, 1.807) is 18.2 Å². The van der Waals surface area contributed by atoms with Gasteiger partial charge in [0.15, 0.2) is 6.10 Å². The molecule has 0 aromatic heterocycles. The zero-order chi connectivity index (χ0) is 14.7. The molecule has 1 heterocycles. The average molecular weight is 300 g/mol. The molecule has 1 aliphatic heterocycles. The number of benzene rings is 1. The lowest BCUT2D eigenvalue weighted by atomic mass is 10.1. The highest BCUT2D eigenvalue weighted by molar-refractivity contribution is 6.30. The van der Waals surface area contributed by atoms with E-state index in [2.05, 4.69) is 0 Å². The fraction of sp³-hybridized carbons (Fsp3) is 0.385. The van der Waals surface area contributed by atoms with Crippen LogP contribution in [0.5, 0.6) is 5.75 Å². The highest BCUT2D eigenvalue weighted by Crippen LogP contribution is 2.25. The fourth-order valence-electron chi connectivity index (χ4n) is 2.00. The minimum absolute atomic E-state index is 0.0138. The predicted octanol–water partition coefficient (Wildman–Crippen LogP) is 1.27. The highest BCUT2D eigenvalue weighted by Gasteiger charge is 2.30. The molecule has 1 fully saturated rings. The Labute approximate surface area is 120 Å². The van der Waals surface area contributed by atoms with Crippen molar-refractivity contribution >= 4 is 23.5 Å². The van der Waals surface area contributed by atoms with Crippen molar-refractivity contribution in [2.75, 3.05) is 26.8 Å². The van der Waals surface area contributed by atoms with Crippen LogP contribution in [0.25, 0.3) is 0 Å². The van der Waals surface area contributed by atoms with Crippen LogP contribution < -0.4 is 4.74 Å². The van der Waals surface area contributed by atoms with E-state index in [0.29, 0.717) is 22.9 Å². The summed E-state index contributed by atoms with van der Waals surface area (Å²) in [6, 6.07) is 4.70. The molecule has 1 aromatic carbocycles. The molecule has 0 aliphatic carbocycles. The smallest absolute Gasteiger partial charge is 0.334 e. The van der Waals surface area contributed by atoms with Crippen molar-refractivity contribution in [3.8, 4) is 5.75 Å². The van der Waals surface area contributed by atoms with Gasteiger partial charge in [0.05, 0.1) is 25.8 Å². The number of halogens is 1. The van der Waals surface area contributed by atoms with Crippen LogP contribution in [0.4, 0.5) is 0 Å². The van der Waals surface area contributed by atoms with Crippen molar-refractivity contribution in [3.63, 3.8) is 0 Å². The summed E-state index contributed by atoms with van der Waals surface area (Å²) in [7, 11) is 1.45. The van der Waals surface area contributed by atoms with Crippen LogP contribution in [0.1, 0.15) is 10.4 Å². The van der Waals surface area contributed by atoms with Gasteiger partial charge in [-0.05, 0) is 18.2 Å². The largest absolute Gasteiger partial charge is 0.496 e. The molecule has 0 spiro atoms. The Bertz CT molecular complexity index is 533. The molecular weight excluding hydrogens is 286 g/mol. The maximum absolute atomic E-state index is 12.4. The van der Waals surface area contributed by atoms with Crippen molar-refractivity contribution in [1.29, 1.82) is 0 Å². The predicted molar refractivity (Wildman–Crippen MR) is 71.3 cm³/mol. The maximum Gasteiger partial charge on any atom is 0.334 e. The molecule has 20 heavy (non-hydrogen) atoms. The number of carbonyl (C=O) groups is 2. The van der Waals surface area contributed by atoms with Crippen molar-refractivity contribution in [2.45, 2.75) is 6.10 Å². The summed E-state index contributed by atoms with van der Waals surface area (Å²) >= 11 is 5.85. The quantitative estimate of drug-likeness (QED) is 0.910. The number of morpholine rings is 1.